The van der Waals surface area contributed by atoms with Gasteiger partial charge in [0, 0.05) is 30.9 Å². The smallest absolute Gasteiger partial charge is 0.130 e. The Morgan fingerprint density at radius 3 is 2.76 bits per heavy atom. The lowest BCUT2D eigenvalue weighted by Gasteiger charge is -2.24. The third kappa shape index (κ3) is 3.89. The molecule has 1 aromatic carbocycles. The van der Waals surface area contributed by atoms with Crippen LogP contribution >= 0.6 is 11.8 Å². The molecule has 1 aromatic rings. The highest BCUT2D eigenvalue weighted by molar-refractivity contribution is 7.98. The van der Waals surface area contributed by atoms with Crippen molar-refractivity contribution in [3.05, 3.63) is 29.6 Å². The Labute approximate surface area is 107 Å². The van der Waals surface area contributed by atoms with Crippen LogP contribution in [0.2, 0.25) is 0 Å². The van der Waals surface area contributed by atoms with E-state index in [1.807, 2.05) is 31.8 Å². The normalized spacial score (nSPS) is 12.5. The first kappa shape index (κ1) is 14.3. The first-order chi connectivity index (χ1) is 8.07. The summed E-state index contributed by atoms with van der Waals surface area (Å²) in [5.74, 6) is 0.905. The molecule has 0 saturated heterocycles. The molecule has 0 bridgehead atoms. The van der Waals surface area contributed by atoms with Gasteiger partial charge in [0.1, 0.15) is 5.82 Å². The number of halogens is 1. The number of thioether (sulfide) groups is 1. The van der Waals surface area contributed by atoms with Crippen LogP contribution in [0.5, 0.6) is 0 Å². The second kappa shape index (κ2) is 6.87. The van der Waals surface area contributed by atoms with Crippen molar-refractivity contribution in [3.8, 4) is 0 Å². The summed E-state index contributed by atoms with van der Waals surface area (Å²) in [5.41, 5.74) is 7.35. The predicted octanol–water partition coefficient (Wildman–Crippen LogP) is 3.03. The first-order valence-corrected chi connectivity index (χ1v) is 7.21. The molecule has 0 spiro atoms. The molecule has 0 aliphatic heterocycles. The summed E-state index contributed by atoms with van der Waals surface area (Å²) >= 11 is 1.83. The molecule has 0 fully saturated rings. The van der Waals surface area contributed by atoms with Gasteiger partial charge in [0.25, 0.3) is 0 Å². The van der Waals surface area contributed by atoms with E-state index in [9.17, 15) is 4.39 Å². The largest absolute Gasteiger partial charge is 0.374 e. The van der Waals surface area contributed by atoms with Gasteiger partial charge < -0.3 is 10.6 Å². The minimum Gasteiger partial charge on any atom is -0.374 e. The Morgan fingerprint density at radius 1 is 1.47 bits per heavy atom. The van der Waals surface area contributed by atoms with Crippen LogP contribution in [0.3, 0.4) is 0 Å². The maximum absolute atomic E-state index is 13.7. The van der Waals surface area contributed by atoms with Crippen LogP contribution < -0.4 is 10.6 Å². The third-order valence-corrected chi connectivity index (χ3v) is 3.44. The van der Waals surface area contributed by atoms with Gasteiger partial charge in [0.2, 0.25) is 0 Å². The van der Waals surface area contributed by atoms with E-state index < -0.39 is 0 Å². The number of rotatable bonds is 6. The summed E-state index contributed by atoms with van der Waals surface area (Å²) < 4.78 is 13.7. The predicted molar refractivity (Wildman–Crippen MR) is 75.3 cm³/mol. The van der Waals surface area contributed by atoms with Crippen molar-refractivity contribution in [3.63, 3.8) is 0 Å². The van der Waals surface area contributed by atoms with Crippen molar-refractivity contribution >= 4 is 17.4 Å². The fourth-order valence-corrected chi connectivity index (χ4v) is 2.29. The summed E-state index contributed by atoms with van der Waals surface area (Å²) in [6.45, 7) is 2.74. The van der Waals surface area contributed by atoms with Crippen molar-refractivity contribution in [1.29, 1.82) is 0 Å². The highest BCUT2D eigenvalue weighted by Gasteiger charge is 2.14. The monoisotopic (exact) mass is 256 g/mol. The Morgan fingerprint density at radius 2 is 2.18 bits per heavy atom. The molecule has 4 heteroatoms. The van der Waals surface area contributed by atoms with Crippen LogP contribution in [0.1, 0.15) is 24.9 Å². The standard InChI is InChI=1S/C13H21FN2S/c1-10(15)13-11(14)6-4-7-12(13)16(2)8-5-9-17-3/h4,6-7,10H,5,8-9,15H2,1-3H3/t10-/m0/s1. The number of hydrogen-bond donors (Lipinski definition) is 1. The number of nitrogens with two attached hydrogens (primary N) is 1. The molecule has 1 rings (SSSR count). The molecule has 0 aromatic heterocycles. The third-order valence-electron chi connectivity index (χ3n) is 2.74. The average molecular weight is 256 g/mol. The fourth-order valence-electron chi connectivity index (χ4n) is 1.88. The maximum Gasteiger partial charge on any atom is 0.130 e. The van der Waals surface area contributed by atoms with Crippen LogP contribution in [0.15, 0.2) is 18.2 Å². The zero-order valence-electron chi connectivity index (χ0n) is 10.7. The van der Waals surface area contributed by atoms with E-state index in [-0.39, 0.29) is 11.9 Å². The minimum absolute atomic E-state index is 0.214. The molecule has 0 saturated carbocycles. The van der Waals surface area contributed by atoms with Crippen molar-refractivity contribution in [2.75, 3.05) is 30.5 Å². The van der Waals surface area contributed by atoms with E-state index in [4.69, 9.17) is 5.73 Å². The van der Waals surface area contributed by atoms with Gasteiger partial charge in [-0.3, -0.25) is 0 Å². The molecule has 17 heavy (non-hydrogen) atoms. The lowest BCUT2D eigenvalue weighted by Crippen LogP contribution is -2.23. The maximum atomic E-state index is 13.7. The average Bonchev–Trinajstić information content (AvgIpc) is 2.28. The summed E-state index contributed by atoms with van der Waals surface area (Å²) in [5, 5.41) is 0. The molecular weight excluding hydrogens is 235 g/mol. The lowest BCUT2D eigenvalue weighted by molar-refractivity contribution is 0.592. The Hall–Kier alpha value is -0.740. The number of nitrogens with zero attached hydrogens (tertiary/aromatic N) is 1. The van der Waals surface area contributed by atoms with Crippen molar-refractivity contribution < 1.29 is 4.39 Å². The molecule has 0 aliphatic carbocycles. The topological polar surface area (TPSA) is 29.3 Å². The van der Waals surface area contributed by atoms with E-state index in [2.05, 4.69) is 11.2 Å². The van der Waals surface area contributed by atoms with Crippen LogP contribution in [0.25, 0.3) is 0 Å². The van der Waals surface area contributed by atoms with Crippen LogP contribution in [-0.2, 0) is 0 Å². The van der Waals surface area contributed by atoms with Crippen molar-refractivity contribution in [2.24, 2.45) is 5.73 Å². The number of hydrogen-bond acceptors (Lipinski definition) is 3. The van der Waals surface area contributed by atoms with Crippen LogP contribution in [0.4, 0.5) is 10.1 Å². The molecule has 0 radical (unpaired) electrons. The summed E-state index contributed by atoms with van der Waals surface area (Å²) in [6.07, 6.45) is 3.18. The Bertz CT molecular complexity index is 355. The quantitative estimate of drug-likeness (QED) is 0.793. The Kier molecular flexibility index (Phi) is 5.78. The highest BCUT2D eigenvalue weighted by Crippen LogP contribution is 2.27. The highest BCUT2D eigenvalue weighted by atomic mass is 32.2. The zero-order valence-corrected chi connectivity index (χ0v) is 11.6. The summed E-state index contributed by atoms with van der Waals surface area (Å²) in [6, 6.07) is 4.86. The van der Waals surface area contributed by atoms with Gasteiger partial charge >= 0.3 is 0 Å². The van der Waals surface area contributed by atoms with Gasteiger partial charge in [-0.05, 0) is 37.5 Å². The van der Waals surface area contributed by atoms with E-state index in [1.54, 1.807) is 6.07 Å². The second-order valence-electron chi connectivity index (χ2n) is 4.23. The fraction of sp³-hybridized carbons (Fsp3) is 0.538. The van der Waals surface area contributed by atoms with Crippen molar-refractivity contribution in [2.45, 2.75) is 19.4 Å². The van der Waals surface area contributed by atoms with E-state index in [0.29, 0.717) is 5.56 Å². The van der Waals surface area contributed by atoms with Crippen LogP contribution in [-0.4, -0.2) is 25.6 Å². The summed E-state index contributed by atoms with van der Waals surface area (Å²) in [4.78, 5) is 2.08. The van der Waals surface area contributed by atoms with Crippen molar-refractivity contribution in [1.82, 2.24) is 0 Å². The van der Waals surface area contributed by atoms with Gasteiger partial charge in [-0.2, -0.15) is 11.8 Å². The lowest BCUT2D eigenvalue weighted by atomic mass is 10.1. The SMILES string of the molecule is CSCCCN(C)c1cccc(F)c1[C@H](C)N. The van der Waals surface area contributed by atoms with E-state index in [0.717, 1.165) is 24.4 Å². The molecule has 1 atom stereocenters. The van der Waals surface area contributed by atoms with E-state index >= 15 is 0 Å². The minimum atomic E-state index is -0.283. The van der Waals surface area contributed by atoms with E-state index in [1.165, 1.54) is 6.07 Å². The van der Waals surface area contributed by atoms with Gasteiger partial charge in [-0.25, -0.2) is 4.39 Å². The molecule has 0 amide bonds. The molecule has 96 valence electrons. The van der Waals surface area contributed by atoms with Gasteiger partial charge in [-0.15, -0.1) is 0 Å². The summed E-state index contributed by atoms with van der Waals surface area (Å²) in [7, 11) is 1.99. The van der Waals surface area contributed by atoms with Gasteiger partial charge in [0.05, 0.1) is 0 Å². The van der Waals surface area contributed by atoms with Gasteiger partial charge in [-0.1, -0.05) is 6.07 Å². The van der Waals surface area contributed by atoms with Crippen LogP contribution in [0, 0.1) is 5.82 Å². The number of anilines is 1. The molecule has 2 nitrogen and oxygen atoms in total. The molecule has 0 aliphatic rings. The number of benzene rings is 1. The first-order valence-electron chi connectivity index (χ1n) is 5.82. The van der Waals surface area contributed by atoms with Gasteiger partial charge in [0.15, 0.2) is 0 Å². The second-order valence-corrected chi connectivity index (χ2v) is 5.21. The zero-order chi connectivity index (χ0) is 12.8. The molecular formula is C13H21FN2S. The Balaban J connectivity index is 2.85. The molecule has 0 heterocycles. The molecule has 0 unspecified atom stereocenters. The molecule has 2 N–H and O–H groups in total.